The van der Waals surface area contributed by atoms with Crippen molar-refractivity contribution in [3.63, 3.8) is 0 Å². The van der Waals surface area contributed by atoms with E-state index in [-0.39, 0.29) is 0 Å². The van der Waals surface area contributed by atoms with Crippen LogP contribution in [0.2, 0.25) is 0 Å². The molecule has 2 rings (SSSR count). The summed E-state index contributed by atoms with van der Waals surface area (Å²) >= 11 is 0. The highest BCUT2D eigenvalue weighted by Crippen LogP contribution is 2.30. The molecule has 2 N–H and O–H groups in total. The number of nitrogen functional groups attached to an aromatic ring is 1. The van der Waals surface area contributed by atoms with Crippen molar-refractivity contribution < 1.29 is 0 Å². The van der Waals surface area contributed by atoms with Crippen molar-refractivity contribution in [2.45, 2.75) is 13.8 Å². The van der Waals surface area contributed by atoms with Crippen LogP contribution in [-0.2, 0) is 0 Å². The molecule has 0 amide bonds. The molecule has 0 atom stereocenters. The van der Waals surface area contributed by atoms with E-state index in [1.54, 1.807) is 0 Å². The molecule has 2 aromatic carbocycles. The van der Waals surface area contributed by atoms with Gasteiger partial charge in [-0.3, -0.25) is 0 Å². The zero-order valence-electron chi connectivity index (χ0n) is 10.0. The molecule has 3 heteroatoms. The molecule has 0 aromatic heterocycles. The number of nitrogens with two attached hydrogens (primary N) is 1. The molecule has 0 saturated carbocycles. The van der Waals surface area contributed by atoms with Gasteiger partial charge in [-0.1, -0.05) is 24.3 Å². The highest BCUT2D eigenvalue weighted by atomic mass is 15.1. The van der Waals surface area contributed by atoms with E-state index in [2.05, 4.69) is 10.2 Å². The van der Waals surface area contributed by atoms with Crippen molar-refractivity contribution in [2.24, 2.45) is 10.2 Å². The van der Waals surface area contributed by atoms with Crippen LogP contribution >= 0.6 is 0 Å². The first kappa shape index (κ1) is 11.3. The summed E-state index contributed by atoms with van der Waals surface area (Å²) in [5, 5.41) is 8.42. The standard InChI is InChI=1S/C14H15N3/c1-10-8-9-13(15)14(11(10)2)17-16-12-6-4-3-5-7-12/h3-9H,15H2,1-2H3. The minimum absolute atomic E-state index is 0.660. The van der Waals surface area contributed by atoms with Crippen molar-refractivity contribution in [3.8, 4) is 0 Å². The summed E-state index contributed by atoms with van der Waals surface area (Å²) in [7, 11) is 0. The van der Waals surface area contributed by atoms with Crippen LogP contribution in [0, 0.1) is 13.8 Å². The number of benzene rings is 2. The van der Waals surface area contributed by atoms with Crippen molar-refractivity contribution in [3.05, 3.63) is 53.6 Å². The van der Waals surface area contributed by atoms with Gasteiger partial charge in [0.25, 0.3) is 0 Å². The molecule has 0 saturated heterocycles. The molecule has 0 heterocycles. The lowest BCUT2D eigenvalue weighted by Crippen LogP contribution is -1.89. The summed E-state index contributed by atoms with van der Waals surface area (Å²) < 4.78 is 0. The lowest BCUT2D eigenvalue weighted by Gasteiger charge is -2.06. The average molecular weight is 225 g/mol. The Hall–Kier alpha value is -2.16. The SMILES string of the molecule is Cc1ccc(N)c(N=Nc2ccccc2)c1C. The van der Waals surface area contributed by atoms with Crippen LogP contribution in [0.5, 0.6) is 0 Å². The van der Waals surface area contributed by atoms with Gasteiger partial charge < -0.3 is 5.73 Å². The van der Waals surface area contributed by atoms with E-state index < -0.39 is 0 Å². The van der Waals surface area contributed by atoms with Gasteiger partial charge in [-0.05, 0) is 43.2 Å². The van der Waals surface area contributed by atoms with Gasteiger partial charge in [0.2, 0.25) is 0 Å². The normalized spacial score (nSPS) is 10.9. The van der Waals surface area contributed by atoms with E-state index in [4.69, 9.17) is 5.73 Å². The van der Waals surface area contributed by atoms with E-state index >= 15 is 0 Å². The largest absolute Gasteiger partial charge is 0.397 e. The monoisotopic (exact) mass is 225 g/mol. The summed E-state index contributed by atoms with van der Waals surface area (Å²) in [5.41, 5.74) is 10.4. The lowest BCUT2D eigenvalue weighted by atomic mass is 10.1. The maximum Gasteiger partial charge on any atom is 0.112 e. The molecule has 17 heavy (non-hydrogen) atoms. The fourth-order valence-electron chi connectivity index (χ4n) is 1.56. The first-order valence-electron chi connectivity index (χ1n) is 5.51. The van der Waals surface area contributed by atoms with Crippen LogP contribution in [0.15, 0.2) is 52.7 Å². The Labute approximate surface area is 101 Å². The molecule has 0 fully saturated rings. The summed E-state index contributed by atoms with van der Waals surface area (Å²) in [4.78, 5) is 0. The Balaban J connectivity index is 2.37. The van der Waals surface area contributed by atoms with Crippen LogP contribution in [0.3, 0.4) is 0 Å². The zero-order chi connectivity index (χ0) is 12.3. The van der Waals surface area contributed by atoms with Crippen LogP contribution in [0.1, 0.15) is 11.1 Å². The molecule has 86 valence electrons. The van der Waals surface area contributed by atoms with Crippen molar-refractivity contribution in [1.82, 2.24) is 0 Å². The molecular formula is C14H15N3. The van der Waals surface area contributed by atoms with E-state index in [1.165, 1.54) is 5.56 Å². The van der Waals surface area contributed by atoms with Gasteiger partial charge in [-0.15, -0.1) is 5.11 Å². The number of azo groups is 1. The average Bonchev–Trinajstić information content (AvgIpc) is 2.35. The number of nitrogens with zero attached hydrogens (tertiary/aromatic N) is 2. The second kappa shape index (κ2) is 4.78. The molecule has 0 unspecified atom stereocenters. The minimum Gasteiger partial charge on any atom is -0.397 e. The molecule has 2 aromatic rings. The molecule has 0 radical (unpaired) electrons. The Morgan fingerprint density at radius 3 is 2.29 bits per heavy atom. The highest BCUT2D eigenvalue weighted by Gasteiger charge is 2.04. The predicted molar refractivity (Wildman–Crippen MR) is 70.9 cm³/mol. The number of hydrogen-bond acceptors (Lipinski definition) is 3. The van der Waals surface area contributed by atoms with Gasteiger partial charge in [0.15, 0.2) is 0 Å². The quantitative estimate of drug-likeness (QED) is 0.601. The van der Waals surface area contributed by atoms with E-state index in [9.17, 15) is 0 Å². The number of anilines is 1. The predicted octanol–water partition coefficient (Wildman–Crippen LogP) is 4.30. The van der Waals surface area contributed by atoms with Crippen LogP contribution in [-0.4, -0.2) is 0 Å². The number of hydrogen-bond donors (Lipinski definition) is 1. The van der Waals surface area contributed by atoms with Crippen molar-refractivity contribution in [1.29, 1.82) is 0 Å². The summed E-state index contributed by atoms with van der Waals surface area (Å²) in [6.07, 6.45) is 0. The Bertz CT molecular complexity index is 545. The maximum atomic E-state index is 5.90. The highest BCUT2D eigenvalue weighted by molar-refractivity contribution is 5.67. The third-order valence-corrected chi connectivity index (χ3v) is 2.75. The van der Waals surface area contributed by atoms with Crippen LogP contribution in [0.25, 0.3) is 0 Å². The van der Waals surface area contributed by atoms with E-state index in [1.807, 2.05) is 56.3 Å². The van der Waals surface area contributed by atoms with Crippen LogP contribution in [0.4, 0.5) is 17.1 Å². The van der Waals surface area contributed by atoms with E-state index in [0.717, 1.165) is 16.9 Å². The molecule has 3 nitrogen and oxygen atoms in total. The summed E-state index contributed by atoms with van der Waals surface area (Å²) in [6, 6.07) is 13.5. The van der Waals surface area contributed by atoms with Crippen molar-refractivity contribution in [2.75, 3.05) is 5.73 Å². The molecule has 0 aliphatic carbocycles. The van der Waals surface area contributed by atoms with Crippen molar-refractivity contribution >= 4 is 17.1 Å². The summed E-state index contributed by atoms with van der Waals surface area (Å²) in [6.45, 7) is 4.04. The number of aryl methyl sites for hydroxylation is 1. The Kier molecular flexibility index (Phi) is 3.19. The smallest absolute Gasteiger partial charge is 0.112 e. The zero-order valence-corrected chi connectivity index (χ0v) is 10.0. The topological polar surface area (TPSA) is 50.7 Å². The first-order chi connectivity index (χ1) is 8.18. The Morgan fingerprint density at radius 1 is 0.882 bits per heavy atom. The summed E-state index contributed by atoms with van der Waals surface area (Å²) in [5.74, 6) is 0. The third kappa shape index (κ3) is 2.50. The lowest BCUT2D eigenvalue weighted by molar-refractivity contribution is 1.20. The van der Waals surface area contributed by atoms with Gasteiger partial charge >= 0.3 is 0 Å². The fourth-order valence-corrected chi connectivity index (χ4v) is 1.56. The van der Waals surface area contributed by atoms with E-state index in [0.29, 0.717) is 5.69 Å². The number of rotatable bonds is 2. The van der Waals surface area contributed by atoms with Gasteiger partial charge in [0.05, 0.1) is 11.4 Å². The van der Waals surface area contributed by atoms with Gasteiger partial charge in [-0.2, -0.15) is 5.11 Å². The van der Waals surface area contributed by atoms with Crippen LogP contribution < -0.4 is 5.73 Å². The van der Waals surface area contributed by atoms with Gasteiger partial charge in [0.1, 0.15) is 5.69 Å². The molecule has 0 aliphatic heterocycles. The fraction of sp³-hybridized carbons (Fsp3) is 0.143. The molecular weight excluding hydrogens is 210 g/mol. The first-order valence-corrected chi connectivity index (χ1v) is 5.51. The molecule has 0 aliphatic rings. The minimum atomic E-state index is 0.660. The second-order valence-electron chi connectivity index (χ2n) is 3.98. The Morgan fingerprint density at radius 2 is 1.59 bits per heavy atom. The second-order valence-corrected chi connectivity index (χ2v) is 3.98. The molecule has 0 spiro atoms. The third-order valence-electron chi connectivity index (χ3n) is 2.75. The maximum absolute atomic E-state index is 5.90. The van der Waals surface area contributed by atoms with Gasteiger partial charge in [-0.25, -0.2) is 0 Å². The van der Waals surface area contributed by atoms with Gasteiger partial charge in [0, 0.05) is 0 Å². The molecule has 0 bridgehead atoms.